The summed E-state index contributed by atoms with van der Waals surface area (Å²) in [6, 6.07) is 14.2. The maximum atomic E-state index is 13.4. The molecule has 2 unspecified atom stereocenters. The van der Waals surface area contributed by atoms with Crippen LogP contribution in [-0.2, 0) is 33.7 Å². The van der Waals surface area contributed by atoms with Gasteiger partial charge in [-0.1, -0.05) is 30.3 Å². The minimum atomic E-state index is -0.198. The van der Waals surface area contributed by atoms with Gasteiger partial charge in [0.05, 0.1) is 6.04 Å². The molecule has 1 saturated heterocycles. The first-order valence-corrected chi connectivity index (χ1v) is 11.9. The summed E-state index contributed by atoms with van der Waals surface area (Å²) in [5.41, 5.74) is 3.67. The van der Waals surface area contributed by atoms with E-state index >= 15 is 0 Å². The van der Waals surface area contributed by atoms with E-state index in [9.17, 15) is 4.79 Å². The fraction of sp³-hybridized carbons (Fsp3) is 0.370. The molecule has 34 heavy (non-hydrogen) atoms. The largest absolute Gasteiger partial charge is 0.454 e. The summed E-state index contributed by atoms with van der Waals surface area (Å²) in [5, 5.41) is 3.18. The summed E-state index contributed by atoms with van der Waals surface area (Å²) >= 11 is 0. The number of carbonyl (C=O) groups is 1. The van der Waals surface area contributed by atoms with Gasteiger partial charge in [-0.2, -0.15) is 0 Å². The second-order valence-corrected chi connectivity index (χ2v) is 9.15. The number of allylic oxidation sites excluding steroid dienone is 1. The van der Waals surface area contributed by atoms with Gasteiger partial charge in [0.25, 0.3) is 0 Å². The van der Waals surface area contributed by atoms with Crippen LogP contribution in [0.3, 0.4) is 0 Å². The summed E-state index contributed by atoms with van der Waals surface area (Å²) in [4.78, 5) is 15.7. The normalized spacial score (nSPS) is 22.6. The Morgan fingerprint density at radius 2 is 1.79 bits per heavy atom. The molecule has 3 heterocycles. The van der Waals surface area contributed by atoms with E-state index in [2.05, 4.69) is 46.6 Å². The third-order valence-electron chi connectivity index (χ3n) is 6.93. The molecule has 1 fully saturated rings. The number of nitrogens with one attached hydrogen (secondary N) is 1. The summed E-state index contributed by atoms with van der Waals surface area (Å²) in [5.74, 6) is 3.59. The second kappa shape index (κ2) is 9.06. The highest BCUT2D eigenvalue weighted by Gasteiger charge is 2.33. The molecular weight excluding hydrogens is 432 g/mol. The van der Waals surface area contributed by atoms with E-state index < -0.39 is 0 Å². The highest BCUT2D eigenvalue weighted by molar-refractivity contribution is 5.82. The number of rotatable bonds is 6. The summed E-state index contributed by atoms with van der Waals surface area (Å²) in [6.07, 6.45) is 6.60. The molecule has 0 saturated carbocycles. The molecule has 6 rings (SSSR count). The van der Waals surface area contributed by atoms with Gasteiger partial charge < -0.3 is 24.3 Å². The number of benzene rings is 2. The van der Waals surface area contributed by atoms with Crippen LogP contribution in [0.15, 0.2) is 66.1 Å². The average Bonchev–Trinajstić information content (AvgIpc) is 3.52. The molecule has 2 aromatic carbocycles. The lowest BCUT2D eigenvalue weighted by Crippen LogP contribution is -2.51. The molecule has 7 nitrogen and oxygen atoms in total. The third-order valence-corrected chi connectivity index (χ3v) is 6.93. The quantitative estimate of drug-likeness (QED) is 0.714. The zero-order valence-electron chi connectivity index (χ0n) is 19.0. The maximum absolute atomic E-state index is 13.4. The summed E-state index contributed by atoms with van der Waals surface area (Å²) in [6.45, 7) is 2.70. The summed E-state index contributed by atoms with van der Waals surface area (Å²) < 4.78 is 21.9. The van der Waals surface area contributed by atoms with Crippen molar-refractivity contribution in [3.05, 3.63) is 82.8 Å². The van der Waals surface area contributed by atoms with Crippen molar-refractivity contribution in [2.24, 2.45) is 5.92 Å². The van der Waals surface area contributed by atoms with E-state index in [1.54, 1.807) is 0 Å². The molecule has 0 spiro atoms. The second-order valence-electron chi connectivity index (χ2n) is 9.15. The summed E-state index contributed by atoms with van der Waals surface area (Å²) in [7, 11) is 0. The van der Waals surface area contributed by atoms with Gasteiger partial charge in [-0.3, -0.25) is 9.69 Å². The zero-order chi connectivity index (χ0) is 22.9. The predicted molar refractivity (Wildman–Crippen MR) is 125 cm³/mol. The molecule has 3 aliphatic heterocycles. The van der Waals surface area contributed by atoms with E-state index in [0.29, 0.717) is 6.54 Å². The van der Waals surface area contributed by atoms with Gasteiger partial charge in [0.15, 0.2) is 23.0 Å². The Labute approximate surface area is 198 Å². The van der Waals surface area contributed by atoms with Crippen molar-refractivity contribution in [1.29, 1.82) is 0 Å². The number of nitrogens with zero attached hydrogens (tertiary/aromatic N) is 1. The van der Waals surface area contributed by atoms with E-state index in [1.165, 1.54) is 11.1 Å². The number of carbonyl (C=O) groups excluding carboxylic acids is 1. The van der Waals surface area contributed by atoms with Crippen molar-refractivity contribution in [1.82, 2.24) is 10.2 Å². The SMILES string of the molecule is O=C(NCCc1ccc2c(c1)OCO2)C1Cc2ccccc2CN1CC1C=C2OCOC2=CC1. The number of hydrogen-bond donors (Lipinski definition) is 1. The molecule has 1 aliphatic carbocycles. The first kappa shape index (κ1) is 21.1. The van der Waals surface area contributed by atoms with Crippen LogP contribution in [0.1, 0.15) is 23.1 Å². The number of fused-ring (bicyclic) bond motifs is 3. The molecule has 4 aliphatic rings. The molecule has 1 amide bonds. The van der Waals surface area contributed by atoms with E-state index in [-0.39, 0.29) is 31.5 Å². The Morgan fingerprint density at radius 1 is 0.971 bits per heavy atom. The Bertz CT molecular complexity index is 1160. The predicted octanol–water partition coefficient (Wildman–Crippen LogP) is 3.29. The van der Waals surface area contributed by atoms with Crippen molar-refractivity contribution < 1.29 is 23.7 Å². The van der Waals surface area contributed by atoms with Gasteiger partial charge in [0.2, 0.25) is 19.5 Å². The van der Waals surface area contributed by atoms with Crippen LogP contribution in [0.4, 0.5) is 0 Å². The van der Waals surface area contributed by atoms with Crippen LogP contribution >= 0.6 is 0 Å². The minimum Gasteiger partial charge on any atom is -0.454 e. The van der Waals surface area contributed by atoms with Gasteiger partial charge in [0, 0.05) is 19.6 Å². The lowest BCUT2D eigenvalue weighted by molar-refractivity contribution is -0.127. The van der Waals surface area contributed by atoms with Gasteiger partial charge in [-0.25, -0.2) is 0 Å². The van der Waals surface area contributed by atoms with Gasteiger partial charge in [0.1, 0.15) is 0 Å². The number of ether oxygens (including phenoxy) is 4. The topological polar surface area (TPSA) is 69.3 Å². The lowest BCUT2D eigenvalue weighted by atomic mass is 9.91. The van der Waals surface area contributed by atoms with Crippen molar-refractivity contribution in [3.8, 4) is 11.5 Å². The molecule has 176 valence electrons. The fourth-order valence-electron chi connectivity index (χ4n) is 5.13. The van der Waals surface area contributed by atoms with Gasteiger partial charge >= 0.3 is 0 Å². The maximum Gasteiger partial charge on any atom is 0.237 e. The highest BCUT2D eigenvalue weighted by atomic mass is 16.7. The van der Waals surface area contributed by atoms with Crippen LogP contribution in [0.5, 0.6) is 11.5 Å². The van der Waals surface area contributed by atoms with Crippen molar-refractivity contribution in [2.45, 2.75) is 31.8 Å². The Morgan fingerprint density at radius 3 is 2.74 bits per heavy atom. The Balaban J connectivity index is 1.12. The Hall–Kier alpha value is -3.45. The molecule has 0 bridgehead atoms. The fourth-order valence-corrected chi connectivity index (χ4v) is 5.13. The highest BCUT2D eigenvalue weighted by Crippen LogP contribution is 2.33. The Kier molecular flexibility index (Phi) is 5.63. The zero-order valence-corrected chi connectivity index (χ0v) is 19.0. The van der Waals surface area contributed by atoms with Crippen molar-refractivity contribution in [2.75, 3.05) is 26.7 Å². The van der Waals surface area contributed by atoms with Crippen LogP contribution < -0.4 is 14.8 Å². The van der Waals surface area contributed by atoms with E-state index in [4.69, 9.17) is 18.9 Å². The third kappa shape index (κ3) is 4.23. The van der Waals surface area contributed by atoms with Gasteiger partial charge in [-0.05, 0) is 66.2 Å². The van der Waals surface area contributed by atoms with E-state index in [1.807, 2.05) is 18.2 Å². The van der Waals surface area contributed by atoms with Crippen LogP contribution in [0.25, 0.3) is 0 Å². The first-order chi connectivity index (χ1) is 16.7. The molecule has 0 aromatic heterocycles. The van der Waals surface area contributed by atoms with Crippen molar-refractivity contribution >= 4 is 5.91 Å². The average molecular weight is 461 g/mol. The minimum absolute atomic E-state index is 0.0791. The first-order valence-electron chi connectivity index (χ1n) is 11.9. The smallest absolute Gasteiger partial charge is 0.237 e. The standard InChI is InChI=1S/C27H28N2O5/c30-27(28-10-9-18-5-7-23-25(11-18)33-16-31-23)22-13-20-3-1-2-4-21(20)15-29(22)14-19-6-8-24-26(12-19)34-17-32-24/h1-5,7-8,11-12,19,22H,6,9-10,13-17H2,(H,28,30). The van der Waals surface area contributed by atoms with Gasteiger partial charge in [-0.15, -0.1) is 0 Å². The molecular formula is C27H28N2O5. The number of hydrogen-bond acceptors (Lipinski definition) is 6. The molecule has 7 heteroatoms. The molecule has 2 aromatic rings. The number of amides is 1. The lowest BCUT2D eigenvalue weighted by Gasteiger charge is -2.37. The molecule has 2 atom stereocenters. The van der Waals surface area contributed by atoms with Crippen LogP contribution in [0, 0.1) is 5.92 Å². The van der Waals surface area contributed by atoms with Crippen LogP contribution in [-0.4, -0.2) is 43.5 Å². The van der Waals surface area contributed by atoms with Crippen LogP contribution in [0.2, 0.25) is 0 Å². The monoisotopic (exact) mass is 460 g/mol. The molecule has 1 N–H and O–H groups in total. The molecule has 0 radical (unpaired) electrons. The van der Waals surface area contributed by atoms with Crippen molar-refractivity contribution in [3.63, 3.8) is 0 Å². The van der Waals surface area contributed by atoms with E-state index in [0.717, 1.165) is 60.9 Å².